The predicted octanol–water partition coefficient (Wildman–Crippen LogP) is 1.50. The number of hydrogen-bond acceptors (Lipinski definition) is 5. The van der Waals surface area contributed by atoms with Crippen LogP contribution in [0.5, 0.6) is 0 Å². The largest absolute Gasteiger partial charge is 0.389 e. The third-order valence-corrected chi connectivity index (χ3v) is 3.59. The maximum absolute atomic E-state index is 9.81. The molecule has 21 heavy (non-hydrogen) atoms. The molecule has 0 aliphatic rings. The molecule has 2 atom stereocenters. The normalized spacial score (nSPS) is 14.6. The minimum atomic E-state index is -0.447. The van der Waals surface area contributed by atoms with Crippen LogP contribution in [0, 0.1) is 0 Å². The molecule has 0 amide bonds. The summed E-state index contributed by atoms with van der Waals surface area (Å²) in [5.41, 5.74) is 0. The van der Waals surface area contributed by atoms with Crippen molar-refractivity contribution in [1.82, 2.24) is 10.2 Å². The fourth-order valence-electron chi connectivity index (χ4n) is 2.14. The van der Waals surface area contributed by atoms with Crippen molar-refractivity contribution in [3.63, 3.8) is 0 Å². The quantitative estimate of drug-likeness (QED) is 0.449. The van der Waals surface area contributed by atoms with Gasteiger partial charge in [-0.1, -0.05) is 13.8 Å². The topological polar surface area (TPSA) is 54.0 Å². The Morgan fingerprint density at radius 2 is 1.76 bits per heavy atom. The first-order chi connectivity index (χ1) is 10.1. The zero-order valence-electron chi connectivity index (χ0n) is 14.4. The lowest BCUT2D eigenvalue weighted by Crippen LogP contribution is -2.36. The van der Waals surface area contributed by atoms with E-state index in [0.29, 0.717) is 39.0 Å². The molecular formula is C16H36N2O3. The van der Waals surface area contributed by atoms with Crippen molar-refractivity contribution in [2.24, 2.45) is 0 Å². The number of rotatable bonds is 15. The van der Waals surface area contributed by atoms with E-state index in [2.05, 4.69) is 31.0 Å². The highest BCUT2D eigenvalue weighted by Gasteiger charge is 2.08. The van der Waals surface area contributed by atoms with Crippen LogP contribution in [0.15, 0.2) is 0 Å². The van der Waals surface area contributed by atoms with Crippen molar-refractivity contribution in [3.8, 4) is 0 Å². The van der Waals surface area contributed by atoms with Gasteiger partial charge in [0.15, 0.2) is 0 Å². The molecule has 0 saturated carbocycles. The van der Waals surface area contributed by atoms with Gasteiger partial charge in [0.05, 0.1) is 25.9 Å². The zero-order valence-corrected chi connectivity index (χ0v) is 14.4. The van der Waals surface area contributed by atoms with Gasteiger partial charge in [-0.25, -0.2) is 0 Å². The highest BCUT2D eigenvalue weighted by molar-refractivity contribution is 4.66. The van der Waals surface area contributed by atoms with E-state index in [-0.39, 0.29) is 0 Å². The van der Waals surface area contributed by atoms with Crippen LogP contribution >= 0.6 is 0 Å². The third kappa shape index (κ3) is 13.2. The number of aliphatic hydroxyl groups is 1. The van der Waals surface area contributed by atoms with Gasteiger partial charge in [0.1, 0.15) is 0 Å². The molecular weight excluding hydrogens is 268 g/mol. The summed E-state index contributed by atoms with van der Waals surface area (Å²) < 4.78 is 10.5. The van der Waals surface area contributed by atoms with Crippen molar-refractivity contribution in [3.05, 3.63) is 0 Å². The first-order valence-electron chi connectivity index (χ1n) is 8.43. The van der Waals surface area contributed by atoms with Crippen LogP contribution in [0.3, 0.4) is 0 Å². The Kier molecular flexibility index (Phi) is 14.6. The SMILES string of the molecule is CCOCCOCC(O)CNC(C)CCCN(CC)CC. The summed E-state index contributed by atoms with van der Waals surface area (Å²) in [5.74, 6) is 0. The minimum absolute atomic E-state index is 0.367. The second kappa shape index (κ2) is 14.7. The van der Waals surface area contributed by atoms with Gasteiger partial charge in [-0.15, -0.1) is 0 Å². The van der Waals surface area contributed by atoms with Gasteiger partial charge in [-0.3, -0.25) is 0 Å². The summed E-state index contributed by atoms with van der Waals surface area (Å²) >= 11 is 0. The van der Waals surface area contributed by atoms with Crippen LogP contribution in [-0.2, 0) is 9.47 Å². The summed E-state index contributed by atoms with van der Waals surface area (Å²) in [5, 5.41) is 13.2. The van der Waals surface area contributed by atoms with Crippen molar-refractivity contribution < 1.29 is 14.6 Å². The lowest BCUT2D eigenvalue weighted by molar-refractivity contribution is 0.00578. The molecule has 5 nitrogen and oxygen atoms in total. The second-order valence-corrected chi connectivity index (χ2v) is 5.40. The number of nitrogens with zero attached hydrogens (tertiary/aromatic N) is 1. The van der Waals surface area contributed by atoms with Crippen LogP contribution in [0.25, 0.3) is 0 Å². The third-order valence-electron chi connectivity index (χ3n) is 3.59. The molecule has 0 saturated heterocycles. The molecule has 0 fully saturated rings. The van der Waals surface area contributed by atoms with Crippen LogP contribution < -0.4 is 5.32 Å². The molecule has 2 unspecified atom stereocenters. The number of hydrogen-bond donors (Lipinski definition) is 2. The van der Waals surface area contributed by atoms with Gasteiger partial charge in [0.25, 0.3) is 0 Å². The van der Waals surface area contributed by atoms with Crippen LogP contribution in [0.4, 0.5) is 0 Å². The molecule has 0 aromatic rings. The van der Waals surface area contributed by atoms with Gasteiger partial charge >= 0.3 is 0 Å². The van der Waals surface area contributed by atoms with Crippen molar-refractivity contribution >= 4 is 0 Å². The monoisotopic (exact) mass is 304 g/mol. The van der Waals surface area contributed by atoms with E-state index in [9.17, 15) is 5.11 Å². The van der Waals surface area contributed by atoms with E-state index in [1.54, 1.807) is 0 Å². The Hall–Kier alpha value is -0.200. The molecule has 0 radical (unpaired) electrons. The van der Waals surface area contributed by atoms with E-state index in [4.69, 9.17) is 9.47 Å². The molecule has 0 aliphatic heterocycles. The summed E-state index contributed by atoms with van der Waals surface area (Å²) in [7, 11) is 0. The first-order valence-corrected chi connectivity index (χ1v) is 8.43. The van der Waals surface area contributed by atoms with E-state index in [1.165, 1.54) is 6.42 Å². The van der Waals surface area contributed by atoms with E-state index >= 15 is 0 Å². The van der Waals surface area contributed by atoms with Crippen molar-refractivity contribution in [2.75, 3.05) is 52.6 Å². The summed E-state index contributed by atoms with van der Waals surface area (Å²) in [6.45, 7) is 14.7. The molecule has 0 heterocycles. The second-order valence-electron chi connectivity index (χ2n) is 5.40. The standard InChI is InChI=1S/C16H36N2O3/c1-5-18(6-2)10-8-9-15(4)17-13-16(19)14-21-12-11-20-7-3/h15-17,19H,5-14H2,1-4H3. The zero-order chi connectivity index (χ0) is 15.9. The van der Waals surface area contributed by atoms with Gasteiger partial charge in [-0.05, 0) is 46.3 Å². The fourth-order valence-corrected chi connectivity index (χ4v) is 2.14. The number of aliphatic hydroxyl groups excluding tert-OH is 1. The summed E-state index contributed by atoms with van der Waals surface area (Å²) in [6, 6.07) is 0.429. The highest BCUT2D eigenvalue weighted by atomic mass is 16.5. The molecule has 0 aliphatic carbocycles. The average molecular weight is 304 g/mol. The van der Waals surface area contributed by atoms with Gasteiger partial charge in [0, 0.05) is 19.2 Å². The average Bonchev–Trinajstić information content (AvgIpc) is 2.49. The molecule has 2 N–H and O–H groups in total. The Morgan fingerprint density at radius 3 is 2.38 bits per heavy atom. The van der Waals surface area contributed by atoms with E-state index in [0.717, 1.165) is 26.1 Å². The number of ether oxygens (including phenoxy) is 2. The summed E-state index contributed by atoms with van der Waals surface area (Å²) in [6.07, 6.45) is 1.88. The molecule has 0 aromatic heterocycles. The maximum Gasteiger partial charge on any atom is 0.0897 e. The smallest absolute Gasteiger partial charge is 0.0897 e. The molecule has 0 aromatic carbocycles. The van der Waals surface area contributed by atoms with E-state index < -0.39 is 6.10 Å². The minimum Gasteiger partial charge on any atom is -0.389 e. The molecule has 0 spiro atoms. The van der Waals surface area contributed by atoms with Gasteiger partial charge < -0.3 is 24.8 Å². The Bertz CT molecular complexity index is 214. The Balaban J connectivity index is 3.47. The fraction of sp³-hybridized carbons (Fsp3) is 1.00. The first kappa shape index (κ1) is 20.8. The van der Waals surface area contributed by atoms with Crippen LogP contribution in [0.2, 0.25) is 0 Å². The van der Waals surface area contributed by atoms with Crippen LogP contribution in [0.1, 0.15) is 40.5 Å². The van der Waals surface area contributed by atoms with Crippen LogP contribution in [-0.4, -0.2) is 74.8 Å². The summed E-state index contributed by atoms with van der Waals surface area (Å²) in [4.78, 5) is 2.44. The van der Waals surface area contributed by atoms with Gasteiger partial charge in [0.2, 0.25) is 0 Å². The number of nitrogens with one attached hydrogen (secondary N) is 1. The lowest BCUT2D eigenvalue weighted by atomic mass is 10.1. The Morgan fingerprint density at radius 1 is 1.10 bits per heavy atom. The van der Waals surface area contributed by atoms with Crippen molar-refractivity contribution in [1.29, 1.82) is 0 Å². The maximum atomic E-state index is 9.81. The Labute approximate surface area is 131 Å². The van der Waals surface area contributed by atoms with Gasteiger partial charge in [-0.2, -0.15) is 0 Å². The molecule has 128 valence electrons. The molecule has 5 heteroatoms. The molecule has 0 bridgehead atoms. The lowest BCUT2D eigenvalue weighted by Gasteiger charge is -2.20. The van der Waals surface area contributed by atoms with Crippen molar-refractivity contribution in [2.45, 2.75) is 52.7 Å². The predicted molar refractivity (Wildman–Crippen MR) is 87.8 cm³/mol. The van der Waals surface area contributed by atoms with E-state index in [1.807, 2.05) is 6.92 Å². The molecule has 0 rings (SSSR count). The highest BCUT2D eigenvalue weighted by Crippen LogP contribution is 2.00.